The summed E-state index contributed by atoms with van der Waals surface area (Å²) in [5, 5.41) is 8.50. The predicted octanol–water partition coefficient (Wildman–Crippen LogP) is 2.52. The number of hydrogen-bond acceptors (Lipinski definition) is 4. The van der Waals surface area contributed by atoms with Gasteiger partial charge in [-0.25, -0.2) is 0 Å². The number of aromatic nitrogens is 3. The first kappa shape index (κ1) is 16.1. The monoisotopic (exact) mass is 332 g/mol. The summed E-state index contributed by atoms with van der Waals surface area (Å²) >= 11 is 0. The van der Waals surface area contributed by atoms with Gasteiger partial charge in [-0.3, -0.25) is 4.79 Å². The average Bonchev–Trinajstić information content (AvgIpc) is 3.38. The molecule has 2 aliphatic heterocycles. The fourth-order valence-electron chi connectivity index (χ4n) is 4.30. The van der Waals surface area contributed by atoms with E-state index in [1.165, 1.54) is 12.8 Å². The Morgan fingerprint density at radius 1 is 1.25 bits per heavy atom. The zero-order valence-corrected chi connectivity index (χ0v) is 14.6. The highest BCUT2D eigenvalue weighted by Crippen LogP contribution is 2.38. The largest absolute Gasteiger partial charge is 0.377 e. The first-order valence-electron chi connectivity index (χ1n) is 9.57. The SMILES string of the molecule is CCC1OCCCC1C(=O)N1CCC(c2nncn2C2CC2)CC1. The molecule has 132 valence electrons. The highest BCUT2D eigenvalue weighted by atomic mass is 16.5. The summed E-state index contributed by atoms with van der Waals surface area (Å²) in [5.74, 6) is 1.96. The molecule has 1 aromatic rings. The maximum Gasteiger partial charge on any atom is 0.228 e. The summed E-state index contributed by atoms with van der Waals surface area (Å²) in [7, 11) is 0. The van der Waals surface area contributed by atoms with Crippen LogP contribution in [0.5, 0.6) is 0 Å². The summed E-state index contributed by atoms with van der Waals surface area (Å²) in [6, 6.07) is 0.624. The van der Waals surface area contributed by atoms with E-state index in [-0.39, 0.29) is 12.0 Å². The van der Waals surface area contributed by atoms with E-state index in [4.69, 9.17) is 4.74 Å². The Kier molecular flexibility index (Phi) is 4.57. The highest BCUT2D eigenvalue weighted by molar-refractivity contribution is 5.79. The van der Waals surface area contributed by atoms with Gasteiger partial charge in [-0.15, -0.1) is 10.2 Å². The minimum Gasteiger partial charge on any atom is -0.377 e. The van der Waals surface area contributed by atoms with Gasteiger partial charge in [-0.2, -0.15) is 0 Å². The number of carbonyl (C=O) groups is 1. The fraction of sp³-hybridized carbons (Fsp3) is 0.833. The Morgan fingerprint density at radius 2 is 2.04 bits per heavy atom. The fourth-order valence-corrected chi connectivity index (χ4v) is 4.30. The molecule has 1 aromatic heterocycles. The van der Waals surface area contributed by atoms with Crippen molar-refractivity contribution in [2.24, 2.45) is 5.92 Å². The highest BCUT2D eigenvalue weighted by Gasteiger charge is 2.36. The smallest absolute Gasteiger partial charge is 0.228 e. The number of rotatable bonds is 4. The van der Waals surface area contributed by atoms with E-state index < -0.39 is 0 Å². The Bertz CT molecular complexity index is 575. The lowest BCUT2D eigenvalue weighted by Gasteiger charge is -2.37. The second-order valence-corrected chi connectivity index (χ2v) is 7.49. The molecule has 0 radical (unpaired) electrons. The third-order valence-corrected chi connectivity index (χ3v) is 5.87. The first-order chi connectivity index (χ1) is 11.8. The van der Waals surface area contributed by atoms with Gasteiger partial charge in [-0.1, -0.05) is 6.92 Å². The number of likely N-dealkylation sites (tertiary alicyclic amines) is 1. The molecule has 1 saturated carbocycles. The van der Waals surface area contributed by atoms with E-state index in [1.54, 1.807) is 0 Å². The van der Waals surface area contributed by atoms with Crippen LogP contribution in [0.3, 0.4) is 0 Å². The van der Waals surface area contributed by atoms with E-state index in [0.717, 1.165) is 57.6 Å². The van der Waals surface area contributed by atoms with Crippen molar-refractivity contribution < 1.29 is 9.53 Å². The Hall–Kier alpha value is -1.43. The minimum atomic E-state index is 0.0652. The predicted molar refractivity (Wildman–Crippen MR) is 89.6 cm³/mol. The van der Waals surface area contributed by atoms with Crippen molar-refractivity contribution in [2.45, 2.75) is 69.9 Å². The Morgan fingerprint density at radius 3 is 2.75 bits per heavy atom. The van der Waals surface area contributed by atoms with Gasteiger partial charge in [0.15, 0.2) is 0 Å². The van der Waals surface area contributed by atoms with Crippen LogP contribution in [0.15, 0.2) is 6.33 Å². The molecule has 3 heterocycles. The van der Waals surface area contributed by atoms with Gasteiger partial charge >= 0.3 is 0 Å². The lowest BCUT2D eigenvalue weighted by Crippen LogP contribution is -2.46. The molecule has 2 unspecified atom stereocenters. The van der Waals surface area contributed by atoms with Crippen molar-refractivity contribution in [1.82, 2.24) is 19.7 Å². The van der Waals surface area contributed by atoms with Gasteiger partial charge in [0.25, 0.3) is 0 Å². The molecule has 6 nitrogen and oxygen atoms in total. The van der Waals surface area contributed by atoms with Crippen molar-refractivity contribution in [3.63, 3.8) is 0 Å². The number of hydrogen-bond donors (Lipinski definition) is 0. The molecule has 0 bridgehead atoms. The van der Waals surface area contributed by atoms with Crippen LogP contribution in [0, 0.1) is 5.92 Å². The summed E-state index contributed by atoms with van der Waals surface area (Å²) < 4.78 is 8.08. The normalized spacial score (nSPS) is 29.0. The van der Waals surface area contributed by atoms with Gasteiger partial charge in [0.2, 0.25) is 5.91 Å². The van der Waals surface area contributed by atoms with Crippen LogP contribution in [0.25, 0.3) is 0 Å². The number of piperidine rings is 1. The molecule has 1 aliphatic carbocycles. The maximum absolute atomic E-state index is 12.9. The van der Waals surface area contributed by atoms with Crippen LogP contribution < -0.4 is 0 Å². The minimum absolute atomic E-state index is 0.0652. The first-order valence-corrected chi connectivity index (χ1v) is 9.57. The second-order valence-electron chi connectivity index (χ2n) is 7.49. The molecule has 2 saturated heterocycles. The summed E-state index contributed by atoms with van der Waals surface area (Å²) in [5.41, 5.74) is 0. The molecule has 0 aromatic carbocycles. The topological polar surface area (TPSA) is 60.2 Å². The van der Waals surface area contributed by atoms with Gasteiger partial charge < -0.3 is 14.2 Å². The molecule has 1 amide bonds. The molecule has 4 rings (SSSR count). The van der Waals surface area contributed by atoms with Crippen molar-refractivity contribution in [3.05, 3.63) is 12.2 Å². The van der Waals surface area contributed by atoms with E-state index in [1.807, 2.05) is 6.33 Å². The molecular weight excluding hydrogens is 304 g/mol. The van der Waals surface area contributed by atoms with Crippen molar-refractivity contribution >= 4 is 5.91 Å². The summed E-state index contributed by atoms with van der Waals surface area (Å²) in [6.07, 6.45) is 9.42. The van der Waals surface area contributed by atoms with E-state index >= 15 is 0 Å². The molecular formula is C18H28N4O2. The van der Waals surface area contributed by atoms with Crippen LogP contribution in [0.1, 0.15) is 69.7 Å². The lowest BCUT2D eigenvalue weighted by molar-refractivity contribution is -0.146. The van der Waals surface area contributed by atoms with E-state index in [2.05, 4.69) is 26.6 Å². The van der Waals surface area contributed by atoms with Crippen molar-refractivity contribution in [3.8, 4) is 0 Å². The summed E-state index contributed by atoms with van der Waals surface area (Å²) in [4.78, 5) is 15.0. The van der Waals surface area contributed by atoms with E-state index in [0.29, 0.717) is 17.9 Å². The van der Waals surface area contributed by atoms with Crippen LogP contribution in [-0.2, 0) is 9.53 Å². The standard InChI is InChI=1S/C18H28N4O2/c1-2-16-15(4-3-11-24-16)18(23)21-9-7-13(8-10-21)17-20-19-12-22(17)14-5-6-14/h12-16H,2-11H2,1H3. The molecule has 3 fully saturated rings. The molecule has 0 N–H and O–H groups in total. The van der Waals surface area contributed by atoms with Gasteiger partial charge in [0, 0.05) is 31.7 Å². The zero-order valence-electron chi connectivity index (χ0n) is 14.6. The number of amides is 1. The van der Waals surface area contributed by atoms with E-state index in [9.17, 15) is 4.79 Å². The van der Waals surface area contributed by atoms with Crippen LogP contribution >= 0.6 is 0 Å². The molecule has 3 aliphatic rings. The van der Waals surface area contributed by atoms with Gasteiger partial charge in [-0.05, 0) is 44.9 Å². The molecule has 2 atom stereocenters. The summed E-state index contributed by atoms with van der Waals surface area (Å²) in [6.45, 7) is 4.61. The average molecular weight is 332 g/mol. The number of ether oxygens (including phenoxy) is 1. The zero-order chi connectivity index (χ0) is 16.5. The quantitative estimate of drug-likeness (QED) is 0.850. The molecule has 24 heavy (non-hydrogen) atoms. The van der Waals surface area contributed by atoms with Crippen LogP contribution in [0.2, 0.25) is 0 Å². The van der Waals surface area contributed by atoms with Crippen LogP contribution in [0.4, 0.5) is 0 Å². The molecule has 0 spiro atoms. The Balaban J connectivity index is 1.37. The Labute approximate surface area is 143 Å². The lowest BCUT2D eigenvalue weighted by atomic mass is 9.89. The van der Waals surface area contributed by atoms with Crippen molar-refractivity contribution in [2.75, 3.05) is 19.7 Å². The number of nitrogens with zero attached hydrogens (tertiary/aromatic N) is 4. The third kappa shape index (κ3) is 3.08. The van der Waals surface area contributed by atoms with Crippen LogP contribution in [-0.4, -0.2) is 51.4 Å². The van der Waals surface area contributed by atoms with Gasteiger partial charge in [0.05, 0.1) is 12.0 Å². The maximum atomic E-state index is 12.9. The molecule has 6 heteroatoms. The second kappa shape index (κ2) is 6.82. The third-order valence-electron chi connectivity index (χ3n) is 5.87. The van der Waals surface area contributed by atoms with Crippen molar-refractivity contribution in [1.29, 1.82) is 0 Å². The number of carbonyl (C=O) groups excluding carboxylic acids is 1. The van der Waals surface area contributed by atoms with Gasteiger partial charge in [0.1, 0.15) is 12.2 Å².